The van der Waals surface area contributed by atoms with E-state index in [1.54, 1.807) is 11.3 Å². The molecule has 0 radical (unpaired) electrons. The van der Waals surface area contributed by atoms with Gasteiger partial charge in [0.15, 0.2) is 5.13 Å². The first kappa shape index (κ1) is 16.7. The second kappa shape index (κ2) is 8.11. The minimum absolute atomic E-state index is 0.359. The van der Waals surface area contributed by atoms with Crippen LogP contribution < -0.4 is 10.2 Å². The van der Waals surface area contributed by atoms with E-state index in [0.29, 0.717) is 6.04 Å². The molecule has 5 heteroatoms. The van der Waals surface area contributed by atoms with Gasteiger partial charge in [-0.1, -0.05) is 20.8 Å². The van der Waals surface area contributed by atoms with Crippen LogP contribution in [-0.2, 0) is 0 Å². The Morgan fingerprint density at radius 3 is 2.57 bits per heavy atom. The van der Waals surface area contributed by atoms with Crippen LogP contribution in [-0.4, -0.2) is 49.2 Å². The maximum atomic E-state index is 4.84. The summed E-state index contributed by atoms with van der Waals surface area (Å²) in [5.74, 6) is 0.758. The van der Waals surface area contributed by atoms with Gasteiger partial charge in [-0.05, 0) is 25.8 Å². The number of hydrogen-bond donors (Lipinski definition) is 1. The van der Waals surface area contributed by atoms with Gasteiger partial charge in [0.05, 0.1) is 5.69 Å². The third-order valence-corrected chi connectivity index (χ3v) is 4.84. The lowest BCUT2D eigenvalue weighted by Gasteiger charge is -2.35. The molecule has 21 heavy (non-hydrogen) atoms. The van der Waals surface area contributed by atoms with Crippen LogP contribution in [0.3, 0.4) is 0 Å². The minimum Gasteiger partial charge on any atom is -0.346 e. The van der Waals surface area contributed by atoms with Crippen molar-refractivity contribution >= 4 is 16.5 Å². The predicted molar refractivity (Wildman–Crippen MR) is 92.3 cm³/mol. The molecule has 2 rings (SSSR count). The number of anilines is 1. The van der Waals surface area contributed by atoms with Gasteiger partial charge in [-0.15, -0.1) is 11.3 Å². The van der Waals surface area contributed by atoms with Gasteiger partial charge in [0.2, 0.25) is 0 Å². The molecule has 1 aliphatic heterocycles. The Balaban J connectivity index is 1.85. The van der Waals surface area contributed by atoms with Crippen LogP contribution in [0, 0.1) is 5.92 Å². The fraction of sp³-hybridized carbons (Fsp3) is 0.812. The Labute approximate surface area is 133 Å². The highest BCUT2D eigenvalue weighted by molar-refractivity contribution is 7.13. The predicted octanol–water partition coefficient (Wildman–Crippen LogP) is 2.98. The monoisotopic (exact) mass is 310 g/mol. The van der Waals surface area contributed by atoms with Crippen molar-refractivity contribution in [2.24, 2.45) is 5.92 Å². The molecule has 0 bridgehead atoms. The number of aromatic nitrogens is 1. The zero-order valence-corrected chi connectivity index (χ0v) is 14.7. The van der Waals surface area contributed by atoms with Gasteiger partial charge < -0.3 is 10.2 Å². The van der Waals surface area contributed by atoms with Gasteiger partial charge >= 0.3 is 0 Å². The van der Waals surface area contributed by atoms with Gasteiger partial charge in [-0.2, -0.15) is 0 Å². The molecule has 120 valence electrons. The van der Waals surface area contributed by atoms with E-state index < -0.39 is 0 Å². The molecule has 1 fully saturated rings. The van der Waals surface area contributed by atoms with E-state index in [2.05, 4.69) is 48.2 Å². The molecular formula is C16H30N4S. The lowest BCUT2D eigenvalue weighted by Crippen LogP contribution is -2.47. The summed E-state index contributed by atoms with van der Waals surface area (Å²) in [6.45, 7) is 15.8. The third-order valence-electron chi connectivity index (χ3n) is 3.92. The zero-order chi connectivity index (χ0) is 15.2. The standard InChI is InChI=1S/C16H30N4S/c1-5-6-17-14(4)15-12-21-16(18-15)20-9-7-19(8-10-20)11-13(2)3/h12-14,17H,5-11H2,1-4H3. The van der Waals surface area contributed by atoms with Gasteiger partial charge in [-0.3, -0.25) is 4.90 Å². The van der Waals surface area contributed by atoms with E-state index in [9.17, 15) is 0 Å². The number of nitrogens with zero attached hydrogens (tertiary/aromatic N) is 3. The Bertz CT molecular complexity index is 410. The normalized spacial score (nSPS) is 18.4. The molecule has 0 aliphatic carbocycles. The molecule has 1 aliphatic rings. The molecule has 0 saturated carbocycles. The van der Waals surface area contributed by atoms with Gasteiger partial charge in [0.25, 0.3) is 0 Å². The first-order valence-corrected chi connectivity index (χ1v) is 9.14. The van der Waals surface area contributed by atoms with Crippen LogP contribution in [0.5, 0.6) is 0 Å². The highest BCUT2D eigenvalue weighted by Gasteiger charge is 2.20. The average Bonchev–Trinajstić information content (AvgIpc) is 2.95. The van der Waals surface area contributed by atoms with Crippen molar-refractivity contribution < 1.29 is 0 Å². The first-order valence-electron chi connectivity index (χ1n) is 8.26. The molecule has 0 spiro atoms. The van der Waals surface area contributed by atoms with E-state index in [0.717, 1.165) is 38.6 Å². The largest absolute Gasteiger partial charge is 0.346 e. The molecule has 4 nitrogen and oxygen atoms in total. The van der Waals surface area contributed by atoms with Crippen molar-refractivity contribution in [2.45, 2.75) is 40.2 Å². The van der Waals surface area contributed by atoms with Crippen molar-refractivity contribution in [3.8, 4) is 0 Å². The number of hydrogen-bond acceptors (Lipinski definition) is 5. The van der Waals surface area contributed by atoms with Gasteiger partial charge in [0, 0.05) is 44.1 Å². The van der Waals surface area contributed by atoms with Crippen LogP contribution in [0.4, 0.5) is 5.13 Å². The number of rotatable bonds is 7. The maximum absolute atomic E-state index is 4.84. The van der Waals surface area contributed by atoms with Crippen molar-refractivity contribution in [3.05, 3.63) is 11.1 Å². The van der Waals surface area contributed by atoms with Crippen molar-refractivity contribution in [1.82, 2.24) is 15.2 Å². The lowest BCUT2D eigenvalue weighted by molar-refractivity contribution is 0.231. The van der Waals surface area contributed by atoms with Crippen LogP contribution in [0.15, 0.2) is 5.38 Å². The van der Waals surface area contributed by atoms with E-state index in [4.69, 9.17) is 4.98 Å². The topological polar surface area (TPSA) is 31.4 Å². The molecule has 1 unspecified atom stereocenters. The fourth-order valence-electron chi connectivity index (χ4n) is 2.72. The molecule has 1 N–H and O–H groups in total. The first-order chi connectivity index (χ1) is 10.1. The van der Waals surface area contributed by atoms with Gasteiger partial charge in [0.1, 0.15) is 0 Å². The Hall–Kier alpha value is -0.650. The third kappa shape index (κ3) is 4.94. The fourth-order valence-corrected chi connectivity index (χ4v) is 3.70. The van der Waals surface area contributed by atoms with Crippen molar-refractivity contribution in [2.75, 3.05) is 44.2 Å². The molecule has 1 aromatic rings. The summed E-state index contributed by atoms with van der Waals surface area (Å²) in [6, 6.07) is 0.359. The Morgan fingerprint density at radius 2 is 1.95 bits per heavy atom. The molecule has 0 aromatic carbocycles. The summed E-state index contributed by atoms with van der Waals surface area (Å²) in [6.07, 6.45) is 1.17. The summed E-state index contributed by atoms with van der Waals surface area (Å²) in [7, 11) is 0. The second-order valence-electron chi connectivity index (χ2n) is 6.41. The number of nitrogens with one attached hydrogen (secondary N) is 1. The number of thiazole rings is 1. The smallest absolute Gasteiger partial charge is 0.185 e. The minimum atomic E-state index is 0.359. The molecule has 2 heterocycles. The highest BCUT2D eigenvalue weighted by atomic mass is 32.1. The average molecular weight is 311 g/mol. The Morgan fingerprint density at radius 1 is 1.24 bits per heavy atom. The lowest BCUT2D eigenvalue weighted by atomic mass is 10.2. The molecule has 0 amide bonds. The Kier molecular flexibility index (Phi) is 6.45. The van der Waals surface area contributed by atoms with Crippen LogP contribution >= 0.6 is 11.3 Å². The SMILES string of the molecule is CCCNC(C)c1csc(N2CCN(CC(C)C)CC2)n1. The van der Waals surface area contributed by atoms with E-state index in [1.165, 1.54) is 23.8 Å². The second-order valence-corrected chi connectivity index (χ2v) is 7.25. The van der Waals surface area contributed by atoms with E-state index >= 15 is 0 Å². The van der Waals surface area contributed by atoms with Crippen LogP contribution in [0.1, 0.15) is 45.9 Å². The summed E-state index contributed by atoms with van der Waals surface area (Å²) in [5, 5.41) is 6.92. The molecular weight excluding hydrogens is 280 g/mol. The zero-order valence-electron chi connectivity index (χ0n) is 13.9. The summed E-state index contributed by atoms with van der Waals surface area (Å²) < 4.78 is 0. The van der Waals surface area contributed by atoms with Crippen LogP contribution in [0.2, 0.25) is 0 Å². The van der Waals surface area contributed by atoms with Crippen molar-refractivity contribution in [3.63, 3.8) is 0 Å². The molecule has 1 aromatic heterocycles. The molecule has 1 saturated heterocycles. The van der Waals surface area contributed by atoms with Crippen LogP contribution in [0.25, 0.3) is 0 Å². The van der Waals surface area contributed by atoms with Crippen molar-refractivity contribution in [1.29, 1.82) is 0 Å². The summed E-state index contributed by atoms with van der Waals surface area (Å²) >= 11 is 1.79. The highest BCUT2D eigenvalue weighted by Crippen LogP contribution is 2.25. The van der Waals surface area contributed by atoms with Gasteiger partial charge in [-0.25, -0.2) is 4.98 Å². The maximum Gasteiger partial charge on any atom is 0.185 e. The molecule has 1 atom stereocenters. The quantitative estimate of drug-likeness (QED) is 0.839. The number of piperazine rings is 1. The van der Waals surface area contributed by atoms with E-state index in [-0.39, 0.29) is 0 Å². The summed E-state index contributed by atoms with van der Waals surface area (Å²) in [5.41, 5.74) is 1.19. The summed E-state index contributed by atoms with van der Waals surface area (Å²) in [4.78, 5) is 9.85. The van der Waals surface area contributed by atoms with E-state index in [1.807, 2.05) is 0 Å².